The van der Waals surface area contributed by atoms with Crippen molar-refractivity contribution in [3.63, 3.8) is 0 Å². The van der Waals surface area contributed by atoms with Crippen LogP contribution in [0.15, 0.2) is 18.3 Å². The average Bonchev–Trinajstić information content (AvgIpc) is 2.73. The highest BCUT2D eigenvalue weighted by Gasteiger charge is 2.21. The Morgan fingerprint density at radius 2 is 2.35 bits per heavy atom. The molecule has 0 saturated carbocycles. The summed E-state index contributed by atoms with van der Waals surface area (Å²) in [5.74, 6) is 1.41. The first kappa shape index (κ1) is 15.3. The highest BCUT2D eigenvalue weighted by molar-refractivity contribution is 5.17. The van der Waals surface area contributed by atoms with Crippen molar-refractivity contribution >= 4 is 0 Å². The first-order valence-electron chi connectivity index (χ1n) is 7.67. The molecule has 0 aliphatic carbocycles. The Morgan fingerprint density at radius 3 is 3.00 bits per heavy atom. The van der Waals surface area contributed by atoms with Crippen molar-refractivity contribution in [2.45, 2.75) is 39.3 Å². The second-order valence-electron chi connectivity index (χ2n) is 5.74. The molecule has 2 rings (SSSR count). The van der Waals surface area contributed by atoms with Gasteiger partial charge >= 0.3 is 0 Å². The lowest BCUT2D eigenvalue weighted by molar-refractivity contribution is 0.231. The number of hydrogen-bond acceptors (Lipinski definition) is 4. The second kappa shape index (κ2) is 7.60. The molecule has 2 unspecified atom stereocenters. The third kappa shape index (κ3) is 4.18. The van der Waals surface area contributed by atoms with Crippen LogP contribution in [0.2, 0.25) is 0 Å². The molecule has 4 nitrogen and oxygen atoms in total. The van der Waals surface area contributed by atoms with Gasteiger partial charge in [0.2, 0.25) is 5.88 Å². The number of ether oxygens (including phenoxy) is 1. The fraction of sp³-hybridized carbons (Fsp3) is 0.688. The minimum absolute atomic E-state index is 0.605. The molecule has 2 heterocycles. The van der Waals surface area contributed by atoms with Crippen molar-refractivity contribution in [1.29, 1.82) is 0 Å². The number of nitrogens with one attached hydrogen (secondary N) is 1. The van der Waals surface area contributed by atoms with Gasteiger partial charge in [-0.15, -0.1) is 0 Å². The van der Waals surface area contributed by atoms with E-state index in [2.05, 4.69) is 35.1 Å². The summed E-state index contributed by atoms with van der Waals surface area (Å²) in [6, 6.07) is 4.66. The number of methoxy groups -OCH3 is 1. The van der Waals surface area contributed by atoms with Gasteiger partial charge in [0.15, 0.2) is 0 Å². The Morgan fingerprint density at radius 1 is 1.50 bits per heavy atom. The smallest absolute Gasteiger partial charge is 0.212 e. The first-order valence-corrected chi connectivity index (χ1v) is 7.67. The van der Waals surface area contributed by atoms with E-state index in [4.69, 9.17) is 4.74 Å². The molecule has 0 bridgehead atoms. The van der Waals surface area contributed by atoms with Gasteiger partial charge in [-0.3, -0.25) is 4.90 Å². The highest BCUT2D eigenvalue weighted by atomic mass is 16.5. The van der Waals surface area contributed by atoms with Gasteiger partial charge in [0.05, 0.1) is 7.11 Å². The zero-order chi connectivity index (χ0) is 14.4. The lowest BCUT2D eigenvalue weighted by Crippen LogP contribution is -2.41. The maximum Gasteiger partial charge on any atom is 0.212 e. The average molecular weight is 277 g/mol. The fourth-order valence-electron chi connectivity index (χ4n) is 2.72. The minimum Gasteiger partial charge on any atom is -0.481 e. The van der Waals surface area contributed by atoms with Crippen LogP contribution in [0.25, 0.3) is 0 Å². The maximum atomic E-state index is 5.11. The van der Waals surface area contributed by atoms with Gasteiger partial charge in [-0.05, 0) is 31.0 Å². The number of pyridine rings is 1. The Kier molecular flexibility index (Phi) is 5.80. The Labute approximate surface area is 122 Å². The normalized spacial score (nSPS) is 22.2. The summed E-state index contributed by atoms with van der Waals surface area (Å²) in [5.41, 5.74) is 1.26. The summed E-state index contributed by atoms with van der Waals surface area (Å²) in [5, 5.41) is 3.69. The van der Waals surface area contributed by atoms with E-state index in [-0.39, 0.29) is 0 Å². The Bertz CT molecular complexity index is 393. The topological polar surface area (TPSA) is 37.4 Å². The summed E-state index contributed by atoms with van der Waals surface area (Å²) in [7, 11) is 1.65. The zero-order valence-electron chi connectivity index (χ0n) is 12.9. The molecule has 1 saturated heterocycles. The minimum atomic E-state index is 0.605. The summed E-state index contributed by atoms with van der Waals surface area (Å²) >= 11 is 0. The van der Waals surface area contributed by atoms with Crippen molar-refractivity contribution in [2.24, 2.45) is 5.92 Å². The molecule has 1 aliphatic rings. The van der Waals surface area contributed by atoms with E-state index in [0.29, 0.717) is 11.9 Å². The van der Waals surface area contributed by atoms with Gasteiger partial charge < -0.3 is 10.1 Å². The lowest BCUT2D eigenvalue weighted by Gasteiger charge is -2.28. The van der Waals surface area contributed by atoms with Gasteiger partial charge in [-0.1, -0.05) is 26.3 Å². The third-order valence-electron chi connectivity index (χ3n) is 4.26. The largest absolute Gasteiger partial charge is 0.481 e. The van der Waals surface area contributed by atoms with E-state index in [1.807, 2.05) is 12.3 Å². The van der Waals surface area contributed by atoms with E-state index in [0.717, 1.165) is 32.1 Å². The number of hydrogen-bond donors (Lipinski definition) is 1. The Hall–Kier alpha value is -1.13. The molecule has 1 aliphatic heterocycles. The molecule has 1 fully saturated rings. The van der Waals surface area contributed by atoms with E-state index in [1.54, 1.807) is 7.11 Å². The summed E-state index contributed by atoms with van der Waals surface area (Å²) in [6.07, 6.45) is 4.38. The van der Waals surface area contributed by atoms with Crippen LogP contribution in [0.4, 0.5) is 0 Å². The van der Waals surface area contributed by atoms with Crippen LogP contribution >= 0.6 is 0 Å². The summed E-state index contributed by atoms with van der Waals surface area (Å²) < 4.78 is 5.11. The number of rotatable bonds is 5. The first-order chi connectivity index (χ1) is 9.72. The van der Waals surface area contributed by atoms with Crippen LogP contribution in [0.5, 0.6) is 5.88 Å². The van der Waals surface area contributed by atoms with Crippen LogP contribution in [0, 0.1) is 5.92 Å². The molecule has 2 atom stereocenters. The van der Waals surface area contributed by atoms with Crippen LogP contribution in [-0.2, 0) is 6.54 Å². The standard InChI is InChI=1S/C16H27N3O/c1-4-13(2)15-12-19(9-5-8-17-15)11-14-6-7-16(20-3)18-10-14/h6-7,10,13,15,17H,4-5,8-9,11-12H2,1-3H3. The molecule has 112 valence electrons. The van der Waals surface area contributed by atoms with Crippen molar-refractivity contribution in [3.05, 3.63) is 23.9 Å². The third-order valence-corrected chi connectivity index (χ3v) is 4.26. The summed E-state index contributed by atoms with van der Waals surface area (Å²) in [6.45, 7) is 9.01. The highest BCUT2D eigenvalue weighted by Crippen LogP contribution is 2.15. The van der Waals surface area contributed by atoms with Crippen molar-refractivity contribution in [2.75, 3.05) is 26.7 Å². The van der Waals surface area contributed by atoms with Crippen LogP contribution in [-0.4, -0.2) is 42.7 Å². The quantitative estimate of drug-likeness (QED) is 0.896. The lowest BCUT2D eigenvalue weighted by atomic mass is 9.99. The SMILES string of the molecule is CCC(C)C1CN(Cc2ccc(OC)nc2)CCCN1. The maximum absolute atomic E-state index is 5.11. The second-order valence-corrected chi connectivity index (χ2v) is 5.74. The predicted octanol–water partition coefficient (Wildman–Crippen LogP) is 2.30. The van der Waals surface area contributed by atoms with E-state index < -0.39 is 0 Å². The van der Waals surface area contributed by atoms with Gasteiger partial charge in [0.25, 0.3) is 0 Å². The molecule has 0 radical (unpaired) electrons. The van der Waals surface area contributed by atoms with Gasteiger partial charge in [-0.25, -0.2) is 4.98 Å². The molecule has 20 heavy (non-hydrogen) atoms. The van der Waals surface area contributed by atoms with E-state index in [9.17, 15) is 0 Å². The fourth-order valence-corrected chi connectivity index (χ4v) is 2.72. The molecular formula is C16H27N3O. The van der Waals surface area contributed by atoms with Crippen molar-refractivity contribution in [3.8, 4) is 5.88 Å². The zero-order valence-corrected chi connectivity index (χ0v) is 12.9. The molecule has 0 spiro atoms. The molecular weight excluding hydrogens is 250 g/mol. The van der Waals surface area contributed by atoms with Crippen molar-refractivity contribution in [1.82, 2.24) is 15.2 Å². The van der Waals surface area contributed by atoms with E-state index >= 15 is 0 Å². The molecule has 0 aromatic carbocycles. The van der Waals surface area contributed by atoms with Crippen LogP contribution in [0.1, 0.15) is 32.3 Å². The van der Waals surface area contributed by atoms with Crippen LogP contribution < -0.4 is 10.1 Å². The van der Waals surface area contributed by atoms with Gasteiger partial charge in [0, 0.05) is 31.4 Å². The number of nitrogens with zero attached hydrogens (tertiary/aromatic N) is 2. The molecule has 1 N–H and O–H groups in total. The van der Waals surface area contributed by atoms with E-state index in [1.165, 1.54) is 18.4 Å². The van der Waals surface area contributed by atoms with Gasteiger partial charge in [-0.2, -0.15) is 0 Å². The molecule has 0 amide bonds. The van der Waals surface area contributed by atoms with Crippen LogP contribution in [0.3, 0.4) is 0 Å². The molecule has 1 aromatic heterocycles. The Balaban J connectivity index is 1.95. The van der Waals surface area contributed by atoms with Gasteiger partial charge in [0.1, 0.15) is 0 Å². The molecule has 4 heteroatoms. The monoisotopic (exact) mass is 277 g/mol. The number of aromatic nitrogens is 1. The van der Waals surface area contributed by atoms with Crippen molar-refractivity contribution < 1.29 is 4.74 Å². The predicted molar refractivity (Wildman–Crippen MR) is 81.9 cm³/mol. The molecule has 1 aromatic rings. The summed E-state index contributed by atoms with van der Waals surface area (Å²) in [4.78, 5) is 6.83.